The molecule has 2 aromatic heterocycles. The number of anilines is 2. The molecule has 0 aliphatic rings. The summed E-state index contributed by atoms with van der Waals surface area (Å²) in [4.78, 5) is 0. The Morgan fingerprint density at radius 2 is 1.93 bits per heavy atom. The molecule has 1 N–H and O–H groups in total. The van der Waals surface area contributed by atoms with E-state index in [1.54, 1.807) is 23.6 Å². The fourth-order valence-corrected chi connectivity index (χ4v) is 4.54. The summed E-state index contributed by atoms with van der Waals surface area (Å²) in [6, 6.07) is 17.5. The highest BCUT2D eigenvalue weighted by Gasteiger charge is 2.19. The van der Waals surface area contributed by atoms with Crippen LogP contribution in [0.2, 0.25) is 0 Å². The lowest BCUT2D eigenvalue weighted by atomic mass is 10.3. The van der Waals surface area contributed by atoms with Crippen LogP contribution < -0.4 is 10.1 Å². The number of nitrogens with one attached hydrogen (secondary N) is 1. The molecule has 4 rings (SSSR count). The second-order valence-electron chi connectivity index (χ2n) is 5.77. The van der Waals surface area contributed by atoms with Crippen LogP contribution in [0.5, 0.6) is 5.75 Å². The first kappa shape index (κ1) is 18.4. The monoisotopic (exact) mass is 411 g/mol. The van der Waals surface area contributed by atoms with Gasteiger partial charge in [-0.15, -0.1) is 15.3 Å². The molecule has 142 valence electrons. The third-order valence-electron chi connectivity index (χ3n) is 3.86. The van der Waals surface area contributed by atoms with Gasteiger partial charge in [-0.1, -0.05) is 47.4 Å². The van der Waals surface area contributed by atoms with E-state index >= 15 is 0 Å². The second kappa shape index (κ2) is 8.36. The van der Waals surface area contributed by atoms with Crippen LogP contribution in [-0.2, 0) is 0 Å². The van der Waals surface area contributed by atoms with Crippen molar-refractivity contribution >= 4 is 33.9 Å². The summed E-state index contributed by atoms with van der Waals surface area (Å²) in [6.45, 7) is 2.05. The minimum Gasteiger partial charge on any atom is -0.497 e. The SMILES string of the molecule is COc1cccc(Nc2nnc(SC(C)c3nnnn3-c3ccccc3)s2)c1. The van der Waals surface area contributed by atoms with Gasteiger partial charge in [0.25, 0.3) is 0 Å². The lowest BCUT2D eigenvalue weighted by Gasteiger charge is -2.09. The van der Waals surface area contributed by atoms with Gasteiger partial charge < -0.3 is 10.1 Å². The van der Waals surface area contributed by atoms with Crippen LogP contribution in [0, 0.1) is 0 Å². The first-order valence-electron chi connectivity index (χ1n) is 8.48. The highest BCUT2D eigenvalue weighted by molar-refractivity contribution is 8.01. The number of benzene rings is 2. The molecular formula is C18H17N7OS2. The van der Waals surface area contributed by atoms with Gasteiger partial charge >= 0.3 is 0 Å². The van der Waals surface area contributed by atoms with E-state index in [0.29, 0.717) is 5.13 Å². The van der Waals surface area contributed by atoms with Gasteiger partial charge in [0.1, 0.15) is 5.75 Å². The number of methoxy groups -OCH3 is 1. The zero-order valence-corrected chi connectivity index (χ0v) is 16.8. The quantitative estimate of drug-likeness (QED) is 0.454. The molecule has 1 atom stereocenters. The topological polar surface area (TPSA) is 90.6 Å². The largest absolute Gasteiger partial charge is 0.497 e. The number of hydrogen-bond donors (Lipinski definition) is 1. The molecule has 0 radical (unpaired) electrons. The second-order valence-corrected chi connectivity index (χ2v) is 8.34. The Morgan fingerprint density at radius 1 is 1.07 bits per heavy atom. The molecule has 0 spiro atoms. The van der Waals surface area contributed by atoms with Crippen molar-refractivity contribution < 1.29 is 4.74 Å². The highest BCUT2D eigenvalue weighted by Crippen LogP contribution is 2.37. The third-order valence-corrected chi connectivity index (χ3v) is 5.88. The van der Waals surface area contributed by atoms with Crippen molar-refractivity contribution in [2.75, 3.05) is 12.4 Å². The normalized spacial score (nSPS) is 11.9. The first-order valence-corrected chi connectivity index (χ1v) is 10.2. The van der Waals surface area contributed by atoms with Gasteiger partial charge in [-0.2, -0.15) is 4.68 Å². The van der Waals surface area contributed by atoms with Gasteiger partial charge in [-0.3, -0.25) is 0 Å². The van der Waals surface area contributed by atoms with Gasteiger partial charge in [0.15, 0.2) is 10.2 Å². The summed E-state index contributed by atoms with van der Waals surface area (Å²) < 4.78 is 7.82. The maximum absolute atomic E-state index is 5.24. The molecule has 2 heterocycles. The fraction of sp³-hybridized carbons (Fsp3) is 0.167. The number of para-hydroxylation sites is 1. The summed E-state index contributed by atoms with van der Waals surface area (Å²) in [5.74, 6) is 1.54. The summed E-state index contributed by atoms with van der Waals surface area (Å²) >= 11 is 3.05. The van der Waals surface area contributed by atoms with E-state index in [9.17, 15) is 0 Å². The van der Waals surface area contributed by atoms with E-state index < -0.39 is 0 Å². The lowest BCUT2D eigenvalue weighted by Crippen LogP contribution is -2.04. The molecular weight excluding hydrogens is 394 g/mol. The molecule has 0 bridgehead atoms. The smallest absolute Gasteiger partial charge is 0.210 e. The van der Waals surface area contributed by atoms with Crippen molar-refractivity contribution in [1.82, 2.24) is 30.4 Å². The van der Waals surface area contributed by atoms with Crippen molar-refractivity contribution in [2.24, 2.45) is 0 Å². The van der Waals surface area contributed by atoms with Crippen LogP contribution in [0.3, 0.4) is 0 Å². The van der Waals surface area contributed by atoms with Crippen LogP contribution in [0.25, 0.3) is 5.69 Å². The van der Waals surface area contributed by atoms with Gasteiger partial charge in [0, 0.05) is 11.8 Å². The van der Waals surface area contributed by atoms with Gasteiger partial charge in [0.05, 0.1) is 18.0 Å². The Bertz CT molecular complexity index is 1050. The molecule has 10 heteroatoms. The van der Waals surface area contributed by atoms with E-state index in [-0.39, 0.29) is 5.25 Å². The molecule has 0 saturated carbocycles. The summed E-state index contributed by atoms with van der Waals surface area (Å²) in [6.07, 6.45) is 0. The van der Waals surface area contributed by atoms with Gasteiger partial charge in [-0.25, -0.2) is 0 Å². The Kier molecular flexibility index (Phi) is 5.49. The molecule has 8 nitrogen and oxygen atoms in total. The molecule has 1 unspecified atom stereocenters. The maximum atomic E-state index is 5.24. The average molecular weight is 412 g/mol. The molecule has 0 aliphatic carbocycles. The minimum absolute atomic E-state index is 0.00725. The van der Waals surface area contributed by atoms with Crippen LogP contribution >= 0.6 is 23.1 Å². The van der Waals surface area contributed by atoms with Crippen molar-refractivity contribution in [2.45, 2.75) is 16.5 Å². The molecule has 28 heavy (non-hydrogen) atoms. The number of ether oxygens (including phenoxy) is 1. The lowest BCUT2D eigenvalue weighted by molar-refractivity contribution is 0.415. The van der Waals surface area contributed by atoms with Crippen LogP contribution in [0.1, 0.15) is 18.0 Å². The van der Waals surface area contributed by atoms with Gasteiger partial charge in [0.2, 0.25) is 5.13 Å². The zero-order chi connectivity index (χ0) is 19.3. The molecule has 0 fully saturated rings. The van der Waals surface area contributed by atoms with E-state index in [2.05, 4.69) is 31.0 Å². The molecule has 4 aromatic rings. The number of hydrogen-bond acceptors (Lipinski definition) is 9. The highest BCUT2D eigenvalue weighted by atomic mass is 32.2. The Labute approximate surface area is 170 Å². The summed E-state index contributed by atoms with van der Waals surface area (Å²) in [5.41, 5.74) is 1.82. The average Bonchev–Trinajstić information content (AvgIpc) is 3.38. The first-order chi connectivity index (χ1) is 13.7. The number of nitrogens with zero attached hydrogens (tertiary/aromatic N) is 6. The summed E-state index contributed by atoms with van der Waals surface area (Å²) in [7, 11) is 1.64. The predicted octanol–water partition coefficient (Wildman–Crippen LogP) is 4.12. The Morgan fingerprint density at radius 3 is 2.75 bits per heavy atom. The van der Waals surface area contributed by atoms with E-state index in [1.807, 2.05) is 61.5 Å². The van der Waals surface area contributed by atoms with E-state index in [4.69, 9.17) is 4.74 Å². The van der Waals surface area contributed by atoms with E-state index in [0.717, 1.165) is 27.3 Å². The number of rotatable bonds is 7. The van der Waals surface area contributed by atoms with E-state index in [1.165, 1.54) is 11.3 Å². The van der Waals surface area contributed by atoms with Crippen molar-refractivity contribution in [3.05, 3.63) is 60.4 Å². The Hall–Kier alpha value is -2.98. The van der Waals surface area contributed by atoms with Gasteiger partial charge in [-0.05, 0) is 41.6 Å². The predicted molar refractivity (Wildman–Crippen MR) is 110 cm³/mol. The number of thioether (sulfide) groups is 1. The molecule has 0 amide bonds. The maximum Gasteiger partial charge on any atom is 0.210 e. The minimum atomic E-state index is 0.00725. The van der Waals surface area contributed by atoms with Crippen LogP contribution in [-0.4, -0.2) is 37.5 Å². The fourth-order valence-electron chi connectivity index (χ4n) is 2.54. The standard InChI is InChI=1S/C18H17N7OS2/c1-12(16-20-23-24-25(16)14-8-4-3-5-9-14)27-18-22-21-17(28-18)19-13-7-6-10-15(11-13)26-2/h3-12H,1-2H3,(H,19,21). The third kappa shape index (κ3) is 4.12. The number of tetrazole rings is 1. The van der Waals surface area contributed by atoms with Crippen LogP contribution in [0.4, 0.5) is 10.8 Å². The van der Waals surface area contributed by atoms with Crippen molar-refractivity contribution in [3.8, 4) is 11.4 Å². The molecule has 0 saturated heterocycles. The molecule has 2 aromatic carbocycles. The Balaban J connectivity index is 1.46. The zero-order valence-electron chi connectivity index (χ0n) is 15.2. The van der Waals surface area contributed by atoms with Crippen LogP contribution in [0.15, 0.2) is 58.9 Å². The van der Waals surface area contributed by atoms with Crippen molar-refractivity contribution in [1.29, 1.82) is 0 Å². The van der Waals surface area contributed by atoms with Crippen molar-refractivity contribution in [3.63, 3.8) is 0 Å². The number of aromatic nitrogens is 6. The molecule has 0 aliphatic heterocycles. The summed E-state index contributed by atoms with van der Waals surface area (Å²) in [5, 5.41) is 24.6.